The summed E-state index contributed by atoms with van der Waals surface area (Å²) in [5, 5.41) is 14.8. The van der Waals surface area contributed by atoms with Crippen LogP contribution in [0.3, 0.4) is 0 Å². The number of amides is 1. The summed E-state index contributed by atoms with van der Waals surface area (Å²) in [6, 6.07) is 14.2. The summed E-state index contributed by atoms with van der Waals surface area (Å²) < 4.78 is 8.03. The third kappa shape index (κ3) is 6.10. The molecule has 9 heteroatoms. The summed E-state index contributed by atoms with van der Waals surface area (Å²) in [6.45, 7) is 10.9. The van der Waals surface area contributed by atoms with Crippen molar-refractivity contribution in [2.45, 2.75) is 52.4 Å². The third-order valence-corrected chi connectivity index (χ3v) is 7.37. The van der Waals surface area contributed by atoms with Gasteiger partial charge in [0.15, 0.2) is 22.2 Å². The van der Waals surface area contributed by atoms with Crippen molar-refractivity contribution in [3.8, 4) is 17.0 Å². The average Bonchev–Trinajstić information content (AvgIpc) is 3.47. The number of nitrogens with one attached hydrogen (secondary N) is 1. The van der Waals surface area contributed by atoms with E-state index in [1.54, 1.807) is 0 Å². The molecule has 1 atom stereocenters. The topological polar surface area (TPSA) is 81.9 Å². The summed E-state index contributed by atoms with van der Waals surface area (Å²) in [5.41, 5.74) is 5.55. The minimum Gasteiger partial charge on any atom is -0.483 e. The molecule has 1 N–H and O–H groups in total. The lowest BCUT2D eigenvalue weighted by Crippen LogP contribution is -2.15. The Morgan fingerprint density at radius 2 is 1.89 bits per heavy atom. The smallest absolute Gasteiger partial charge is 0.236 e. The standard InChI is InChI=1S/C26H29N5O2S2/c1-6-31-24(19(5)33-21-11-7-16(2)8-12-21)29-30-26(31)35-15-23(32)28-25-27-22(14-34-25)20-10-9-17(3)18(4)13-20/h7-14,19H,6,15H2,1-5H3,(H,27,28,32). The van der Waals surface area contributed by atoms with Gasteiger partial charge in [0.1, 0.15) is 5.75 Å². The minimum atomic E-state index is -0.271. The maximum Gasteiger partial charge on any atom is 0.236 e. The number of nitrogens with zero attached hydrogens (tertiary/aromatic N) is 4. The minimum absolute atomic E-state index is 0.132. The van der Waals surface area contributed by atoms with Crippen molar-refractivity contribution in [1.29, 1.82) is 0 Å². The molecule has 2 heterocycles. The lowest BCUT2D eigenvalue weighted by molar-refractivity contribution is -0.113. The SMILES string of the molecule is CCn1c(SCC(=O)Nc2nc(-c3ccc(C)c(C)c3)cs2)nnc1C(C)Oc1ccc(C)cc1. The summed E-state index contributed by atoms with van der Waals surface area (Å²) >= 11 is 2.77. The molecule has 7 nitrogen and oxygen atoms in total. The fourth-order valence-electron chi connectivity index (χ4n) is 3.53. The van der Waals surface area contributed by atoms with E-state index in [4.69, 9.17) is 4.74 Å². The maximum absolute atomic E-state index is 12.6. The van der Waals surface area contributed by atoms with E-state index in [9.17, 15) is 4.79 Å². The number of carbonyl (C=O) groups is 1. The highest BCUT2D eigenvalue weighted by Gasteiger charge is 2.20. The second kappa shape index (κ2) is 11.0. The summed E-state index contributed by atoms with van der Waals surface area (Å²) in [5.74, 6) is 1.59. The lowest BCUT2D eigenvalue weighted by atomic mass is 10.1. The molecule has 0 bridgehead atoms. The van der Waals surface area contributed by atoms with Gasteiger partial charge in [0, 0.05) is 17.5 Å². The second-order valence-corrected chi connectivity index (χ2v) is 10.1. The molecule has 0 aliphatic rings. The number of benzene rings is 2. The largest absolute Gasteiger partial charge is 0.483 e. The molecule has 0 saturated carbocycles. The van der Waals surface area contributed by atoms with Gasteiger partial charge in [-0.3, -0.25) is 4.79 Å². The number of thioether (sulfide) groups is 1. The molecule has 35 heavy (non-hydrogen) atoms. The Morgan fingerprint density at radius 3 is 2.60 bits per heavy atom. The van der Waals surface area contributed by atoms with Crippen molar-refractivity contribution in [3.05, 3.63) is 70.4 Å². The molecule has 1 unspecified atom stereocenters. The summed E-state index contributed by atoms with van der Waals surface area (Å²) in [6.07, 6.45) is -0.271. The Bertz CT molecular complexity index is 1310. The van der Waals surface area contributed by atoms with Crippen LogP contribution in [-0.2, 0) is 11.3 Å². The summed E-state index contributed by atoms with van der Waals surface area (Å²) in [4.78, 5) is 17.2. The van der Waals surface area contributed by atoms with Gasteiger partial charge in [-0.15, -0.1) is 21.5 Å². The molecule has 182 valence electrons. The maximum atomic E-state index is 12.6. The molecule has 0 saturated heterocycles. The van der Waals surface area contributed by atoms with Crippen molar-refractivity contribution >= 4 is 34.1 Å². The number of hydrogen-bond acceptors (Lipinski definition) is 7. The van der Waals surface area contributed by atoms with E-state index in [0.29, 0.717) is 16.8 Å². The van der Waals surface area contributed by atoms with Gasteiger partial charge in [0.2, 0.25) is 5.91 Å². The van der Waals surface area contributed by atoms with E-state index in [2.05, 4.69) is 52.5 Å². The quantitative estimate of drug-likeness (QED) is 0.271. The Kier molecular flexibility index (Phi) is 7.87. The van der Waals surface area contributed by atoms with Gasteiger partial charge in [0.05, 0.1) is 11.4 Å². The molecule has 0 fully saturated rings. The van der Waals surface area contributed by atoms with E-state index >= 15 is 0 Å². The normalized spacial score (nSPS) is 11.9. The number of carbonyl (C=O) groups excluding carboxylic acids is 1. The molecule has 2 aromatic carbocycles. The number of rotatable bonds is 9. The van der Waals surface area contributed by atoms with Crippen LogP contribution in [0.15, 0.2) is 53.0 Å². The molecule has 4 aromatic rings. The van der Waals surface area contributed by atoms with E-state index in [1.807, 2.05) is 55.0 Å². The van der Waals surface area contributed by atoms with Gasteiger partial charge >= 0.3 is 0 Å². The molecular formula is C26H29N5O2S2. The Morgan fingerprint density at radius 1 is 1.11 bits per heavy atom. The number of hydrogen-bond donors (Lipinski definition) is 1. The zero-order valence-corrected chi connectivity index (χ0v) is 22.2. The zero-order chi connectivity index (χ0) is 24.9. The second-order valence-electron chi connectivity index (χ2n) is 8.33. The Labute approximate surface area is 214 Å². The van der Waals surface area contributed by atoms with Crippen LogP contribution in [-0.4, -0.2) is 31.4 Å². The van der Waals surface area contributed by atoms with Crippen LogP contribution in [0.2, 0.25) is 0 Å². The predicted molar refractivity (Wildman–Crippen MR) is 142 cm³/mol. The van der Waals surface area contributed by atoms with E-state index in [1.165, 1.54) is 39.8 Å². The molecule has 1 amide bonds. The van der Waals surface area contributed by atoms with Crippen molar-refractivity contribution in [2.75, 3.05) is 11.1 Å². The fraction of sp³-hybridized carbons (Fsp3) is 0.308. The van der Waals surface area contributed by atoms with Crippen LogP contribution in [0, 0.1) is 20.8 Å². The van der Waals surface area contributed by atoms with Crippen LogP contribution < -0.4 is 10.1 Å². The lowest BCUT2D eigenvalue weighted by Gasteiger charge is -2.15. The molecule has 0 aliphatic carbocycles. The Balaban J connectivity index is 1.36. The van der Waals surface area contributed by atoms with Crippen LogP contribution in [0.5, 0.6) is 5.75 Å². The average molecular weight is 508 g/mol. The first-order chi connectivity index (χ1) is 16.8. The van der Waals surface area contributed by atoms with Gasteiger partial charge in [-0.25, -0.2) is 4.98 Å². The van der Waals surface area contributed by atoms with Crippen LogP contribution in [0.25, 0.3) is 11.3 Å². The fourth-order valence-corrected chi connectivity index (χ4v) is 5.07. The monoisotopic (exact) mass is 507 g/mol. The van der Waals surface area contributed by atoms with E-state index < -0.39 is 0 Å². The number of aromatic nitrogens is 4. The first kappa shape index (κ1) is 24.9. The molecule has 0 spiro atoms. The van der Waals surface area contributed by atoms with Gasteiger partial charge < -0.3 is 14.6 Å². The van der Waals surface area contributed by atoms with Gasteiger partial charge in [-0.05, 0) is 63.9 Å². The first-order valence-electron chi connectivity index (χ1n) is 11.5. The highest BCUT2D eigenvalue weighted by Crippen LogP contribution is 2.28. The van der Waals surface area contributed by atoms with Crippen molar-refractivity contribution in [3.63, 3.8) is 0 Å². The van der Waals surface area contributed by atoms with Crippen molar-refractivity contribution < 1.29 is 9.53 Å². The first-order valence-corrected chi connectivity index (χ1v) is 13.3. The van der Waals surface area contributed by atoms with Crippen molar-refractivity contribution in [1.82, 2.24) is 19.7 Å². The van der Waals surface area contributed by atoms with Crippen LogP contribution in [0.4, 0.5) is 5.13 Å². The number of aryl methyl sites for hydroxylation is 3. The molecule has 2 aromatic heterocycles. The Hall–Kier alpha value is -3.17. The van der Waals surface area contributed by atoms with Crippen LogP contribution >= 0.6 is 23.1 Å². The van der Waals surface area contributed by atoms with Crippen LogP contribution in [0.1, 0.15) is 42.5 Å². The number of thiazole rings is 1. The van der Waals surface area contributed by atoms with Gasteiger partial charge in [-0.1, -0.05) is 41.6 Å². The molecule has 4 rings (SSSR count). The zero-order valence-electron chi connectivity index (χ0n) is 20.5. The van der Waals surface area contributed by atoms with E-state index in [-0.39, 0.29) is 17.8 Å². The predicted octanol–water partition coefficient (Wildman–Crippen LogP) is 6.22. The van der Waals surface area contributed by atoms with Gasteiger partial charge in [0.25, 0.3) is 0 Å². The molecule has 0 radical (unpaired) electrons. The highest BCUT2D eigenvalue weighted by molar-refractivity contribution is 7.99. The number of anilines is 1. The third-order valence-electron chi connectivity index (χ3n) is 5.64. The van der Waals surface area contributed by atoms with E-state index in [0.717, 1.165) is 22.8 Å². The molecule has 0 aliphatic heterocycles. The molecular weight excluding hydrogens is 478 g/mol. The van der Waals surface area contributed by atoms with Gasteiger partial charge in [-0.2, -0.15) is 0 Å². The summed E-state index contributed by atoms with van der Waals surface area (Å²) in [7, 11) is 0. The number of ether oxygens (including phenoxy) is 1. The highest BCUT2D eigenvalue weighted by atomic mass is 32.2. The van der Waals surface area contributed by atoms with Crippen molar-refractivity contribution in [2.24, 2.45) is 0 Å².